The third kappa shape index (κ3) is 2.36. The first kappa shape index (κ1) is 11.8. The summed E-state index contributed by atoms with van der Waals surface area (Å²) < 4.78 is 15.9. The van der Waals surface area contributed by atoms with Gasteiger partial charge in [0.2, 0.25) is 5.89 Å². The van der Waals surface area contributed by atoms with Crippen LogP contribution in [0.15, 0.2) is 28.8 Å². The number of hydrogen-bond acceptors (Lipinski definition) is 4. The highest BCUT2D eigenvalue weighted by Crippen LogP contribution is 2.33. The summed E-state index contributed by atoms with van der Waals surface area (Å²) >= 11 is 5.65. The molecule has 2 rings (SSSR count). The number of rotatable bonds is 4. The van der Waals surface area contributed by atoms with Gasteiger partial charge in [0.05, 0.1) is 31.9 Å². The molecule has 0 amide bonds. The van der Waals surface area contributed by atoms with Crippen molar-refractivity contribution in [1.82, 2.24) is 4.98 Å². The second-order valence-corrected chi connectivity index (χ2v) is 3.59. The van der Waals surface area contributed by atoms with Crippen molar-refractivity contribution in [2.45, 2.75) is 5.88 Å². The molecule has 17 heavy (non-hydrogen) atoms. The maximum Gasteiger partial charge on any atom is 0.209 e. The minimum atomic E-state index is 0.242. The number of ether oxygens (including phenoxy) is 2. The lowest BCUT2D eigenvalue weighted by Gasteiger charge is -2.07. The molecule has 0 N–H and O–H groups in total. The van der Waals surface area contributed by atoms with Crippen LogP contribution >= 0.6 is 11.6 Å². The van der Waals surface area contributed by atoms with Gasteiger partial charge in [-0.3, -0.25) is 0 Å². The molecule has 0 saturated heterocycles. The van der Waals surface area contributed by atoms with Crippen LogP contribution in [-0.4, -0.2) is 19.2 Å². The molecule has 0 aliphatic heterocycles. The van der Waals surface area contributed by atoms with Gasteiger partial charge < -0.3 is 13.9 Å². The lowest BCUT2D eigenvalue weighted by molar-refractivity contribution is 0.402. The van der Waals surface area contributed by atoms with E-state index in [0.717, 1.165) is 11.3 Å². The van der Waals surface area contributed by atoms with Crippen LogP contribution in [0.2, 0.25) is 0 Å². The molecule has 4 nitrogen and oxygen atoms in total. The largest absolute Gasteiger partial charge is 0.497 e. The van der Waals surface area contributed by atoms with Crippen LogP contribution in [0.5, 0.6) is 11.5 Å². The van der Waals surface area contributed by atoms with Gasteiger partial charge in [0.15, 0.2) is 5.76 Å². The van der Waals surface area contributed by atoms with E-state index in [1.54, 1.807) is 20.4 Å². The number of alkyl halides is 1. The average molecular weight is 254 g/mol. The van der Waals surface area contributed by atoms with Crippen LogP contribution in [-0.2, 0) is 5.88 Å². The molecular weight excluding hydrogens is 242 g/mol. The van der Waals surface area contributed by atoms with Gasteiger partial charge in [-0.25, -0.2) is 4.98 Å². The molecule has 0 aliphatic carbocycles. The van der Waals surface area contributed by atoms with Crippen molar-refractivity contribution < 1.29 is 13.9 Å². The van der Waals surface area contributed by atoms with Crippen molar-refractivity contribution in [3.63, 3.8) is 0 Å². The van der Waals surface area contributed by atoms with Gasteiger partial charge in [-0.15, -0.1) is 11.6 Å². The fourth-order valence-electron chi connectivity index (χ4n) is 1.50. The lowest BCUT2D eigenvalue weighted by atomic mass is 10.1. The third-order valence-electron chi connectivity index (χ3n) is 2.34. The van der Waals surface area contributed by atoms with Crippen molar-refractivity contribution in [2.75, 3.05) is 14.2 Å². The van der Waals surface area contributed by atoms with Crippen molar-refractivity contribution in [1.29, 1.82) is 0 Å². The molecule has 1 aromatic heterocycles. The van der Waals surface area contributed by atoms with Gasteiger partial charge in [0.1, 0.15) is 11.5 Å². The summed E-state index contributed by atoms with van der Waals surface area (Å²) in [6.07, 6.45) is 1.62. The Balaban J connectivity index is 2.47. The number of methoxy groups -OCH3 is 2. The third-order valence-corrected chi connectivity index (χ3v) is 2.57. The first-order valence-electron chi connectivity index (χ1n) is 5.01. The minimum absolute atomic E-state index is 0.242. The number of oxazole rings is 1. The van der Waals surface area contributed by atoms with E-state index < -0.39 is 0 Å². The van der Waals surface area contributed by atoms with E-state index in [0.29, 0.717) is 17.4 Å². The quantitative estimate of drug-likeness (QED) is 0.786. The fourth-order valence-corrected chi connectivity index (χ4v) is 1.63. The Bertz CT molecular complexity index is 510. The van der Waals surface area contributed by atoms with E-state index in [9.17, 15) is 0 Å². The van der Waals surface area contributed by atoms with Gasteiger partial charge in [0.25, 0.3) is 0 Å². The highest BCUT2D eigenvalue weighted by molar-refractivity contribution is 6.16. The Morgan fingerprint density at radius 1 is 1.29 bits per heavy atom. The zero-order valence-electron chi connectivity index (χ0n) is 9.57. The molecule has 1 aromatic carbocycles. The Morgan fingerprint density at radius 3 is 2.71 bits per heavy atom. The first-order chi connectivity index (χ1) is 8.28. The van der Waals surface area contributed by atoms with Gasteiger partial charge >= 0.3 is 0 Å². The molecule has 5 heteroatoms. The Morgan fingerprint density at radius 2 is 2.12 bits per heavy atom. The van der Waals surface area contributed by atoms with E-state index in [1.165, 1.54) is 0 Å². The van der Waals surface area contributed by atoms with Crippen LogP contribution in [0.25, 0.3) is 11.3 Å². The van der Waals surface area contributed by atoms with Crippen LogP contribution < -0.4 is 9.47 Å². The van der Waals surface area contributed by atoms with E-state index in [1.807, 2.05) is 18.2 Å². The minimum Gasteiger partial charge on any atom is -0.497 e. The smallest absolute Gasteiger partial charge is 0.209 e. The zero-order chi connectivity index (χ0) is 12.3. The highest BCUT2D eigenvalue weighted by atomic mass is 35.5. The van der Waals surface area contributed by atoms with Crippen molar-refractivity contribution >= 4 is 11.6 Å². The number of nitrogens with zero attached hydrogens (tertiary/aromatic N) is 1. The molecule has 0 saturated carbocycles. The molecule has 0 bridgehead atoms. The molecule has 2 aromatic rings. The van der Waals surface area contributed by atoms with Crippen LogP contribution in [0.4, 0.5) is 0 Å². The van der Waals surface area contributed by atoms with Crippen molar-refractivity contribution in [3.05, 3.63) is 30.3 Å². The normalized spacial score (nSPS) is 10.3. The SMILES string of the molecule is COc1ccc(OC)c(-c2cnc(CCl)o2)c1. The summed E-state index contributed by atoms with van der Waals surface area (Å²) in [5, 5.41) is 0. The van der Waals surface area contributed by atoms with Crippen molar-refractivity contribution in [3.8, 4) is 22.8 Å². The topological polar surface area (TPSA) is 44.5 Å². The number of halogens is 1. The standard InChI is InChI=1S/C12H12ClNO3/c1-15-8-3-4-10(16-2)9(5-8)11-7-14-12(6-13)17-11/h3-5,7H,6H2,1-2H3. The molecule has 0 aliphatic rings. The zero-order valence-corrected chi connectivity index (χ0v) is 10.3. The summed E-state index contributed by atoms with van der Waals surface area (Å²) in [6, 6.07) is 5.47. The van der Waals surface area contributed by atoms with E-state index in [4.69, 9.17) is 25.5 Å². The molecule has 90 valence electrons. The second kappa shape index (κ2) is 5.10. The Hall–Kier alpha value is -1.68. The number of aromatic nitrogens is 1. The Labute approximate surface area is 104 Å². The van der Waals surface area contributed by atoms with Crippen LogP contribution in [0.3, 0.4) is 0 Å². The summed E-state index contributed by atoms with van der Waals surface area (Å²) in [7, 11) is 3.21. The molecule has 0 atom stereocenters. The first-order valence-corrected chi connectivity index (χ1v) is 5.55. The maximum absolute atomic E-state index is 5.65. The highest BCUT2D eigenvalue weighted by Gasteiger charge is 2.12. The van der Waals surface area contributed by atoms with Gasteiger partial charge in [-0.05, 0) is 18.2 Å². The summed E-state index contributed by atoms with van der Waals surface area (Å²) in [5.41, 5.74) is 0.788. The van der Waals surface area contributed by atoms with Gasteiger partial charge in [0, 0.05) is 0 Å². The van der Waals surface area contributed by atoms with E-state index in [2.05, 4.69) is 4.98 Å². The molecule has 0 unspecified atom stereocenters. The van der Waals surface area contributed by atoms with E-state index in [-0.39, 0.29) is 5.88 Å². The average Bonchev–Trinajstić information content (AvgIpc) is 2.86. The van der Waals surface area contributed by atoms with E-state index >= 15 is 0 Å². The maximum atomic E-state index is 5.65. The summed E-state index contributed by atoms with van der Waals surface area (Å²) in [5.74, 6) is 2.75. The van der Waals surface area contributed by atoms with Crippen molar-refractivity contribution in [2.24, 2.45) is 0 Å². The lowest BCUT2D eigenvalue weighted by Crippen LogP contribution is -1.89. The molecular formula is C12H12ClNO3. The molecule has 0 radical (unpaired) electrons. The number of benzene rings is 1. The molecule has 0 fully saturated rings. The second-order valence-electron chi connectivity index (χ2n) is 3.32. The molecule has 0 spiro atoms. The number of hydrogen-bond donors (Lipinski definition) is 0. The monoisotopic (exact) mass is 253 g/mol. The van der Waals surface area contributed by atoms with Gasteiger partial charge in [-0.2, -0.15) is 0 Å². The van der Waals surface area contributed by atoms with Crippen LogP contribution in [0.1, 0.15) is 5.89 Å². The summed E-state index contributed by atoms with van der Waals surface area (Å²) in [6.45, 7) is 0. The van der Waals surface area contributed by atoms with Gasteiger partial charge in [-0.1, -0.05) is 0 Å². The van der Waals surface area contributed by atoms with Crippen LogP contribution in [0, 0.1) is 0 Å². The fraction of sp³-hybridized carbons (Fsp3) is 0.250. The Kier molecular flexibility index (Phi) is 3.54. The predicted octanol–water partition coefficient (Wildman–Crippen LogP) is 3.10. The molecule has 1 heterocycles. The summed E-state index contributed by atoms with van der Waals surface area (Å²) in [4.78, 5) is 4.05. The predicted molar refractivity (Wildman–Crippen MR) is 64.6 cm³/mol.